The van der Waals surface area contributed by atoms with Crippen LogP contribution in [0, 0.1) is 0 Å². The molecular weight excluding hydrogens is 288 g/mol. The highest BCUT2D eigenvalue weighted by molar-refractivity contribution is 7.89. The Balaban J connectivity index is 2.66. The van der Waals surface area contributed by atoms with Gasteiger partial charge in [-0.2, -0.15) is 4.31 Å². The van der Waals surface area contributed by atoms with Crippen molar-refractivity contribution in [2.24, 2.45) is 0 Å². The Labute approximate surface area is 125 Å². The summed E-state index contributed by atoms with van der Waals surface area (Å²) in [4.78, 5) is 0.212. The van der Waals surface area contributed by atoms with E-state index in [0.29, 0.717) is 11.1 Å². The third kappa shape index (κ3) is 2.74. The Kier molecular flexibility index (Phi) is 3.97. The molecular formula is C15H20N2O3S. The van der Waals surface area contributed by atoms with Crippen LogP contribution >= 0.6 is 0 Å². The molecule has 0 saturated carbocycles. The van der Waals surface area contributed by atoms with Gasteiger partial charge in [0.1, 0.15) is 0 Å². The quantitative estimate of drug-likeness (QED) is 0.844. The van der Waals surface area contributed by atoms with Crippen molar-refractivity contribution >= 4 is 26.5 Å². The smallest absolute Gasteiger partial charge is 0.244 e. The maximum atomic E-state index is 12.8. The van der Waals surface area contributed by atoms with Gasteiger partial charge in [0.25, 0.3) is 0 Å². The maximum Gasteiger partial charge on any atom is 0.244 e. The van der Waals surface area contributed by atoms with E-state index in [1.54, 1.807) is 44.2 Å². The van der Waals surface area contributed by atoms with Crippen LogP contribution in [-0.4, -0.2) is 37.0 Å². The highest BCUT2D eigenvalue weighted by Gasteiger charge is 2.34. The summed E-state index contributed by atoms with van der Waals surface area (Å²) in [5, 5.41) is 10.8. The van der Waals surface area contributed by atoms with Crippen molar-refractivity contribution in [1.82, 2.24) is 4.31 Å². The van der Waals surface area contributed by atoms with Crippen LogP contribution in [0.4, 0.5) is 5.69 Å². The van der Waals surface area contributed by atoms with Gasteiger partial charge in [0.15, 0.2) is 0 Å². The van der Waals surface area contributed by atoms with Crippen LogP contribution in [0.5, 0.6) is 0 Å². The number of sulfonamides is 1. The van der Waals surface area contributed by atoms with Crippen LogP contribution in [0.3, 0.4) is 0 Å². The van der Waals surface area contributed by atoms with Crippen molar-refractivity contribution < 1.29 is 13.5 Å². The average Bonchev–Trinajstić information content (AvgIpc) is 2.45. The highest BCUT2D eigenvalue weighted by atomic mass is 32.2. The first-order valence-electron chi connectivity index (χ1n) is 6.58. The number of benzene rings is 2. The zero-order chi connectivity index (χ0) is 15.8. The van der Waals surface area contributed by atoms with Crippen molar-refractivity contribution in [3.63, 3.8) is 0 Å². The zero-order valence-corrected chi connectivity index (χ0v) is 13.2. The van der Waals surface area contributed by atoms with E-state index in [4.69, 9.17) is 5.73 Å². The standard InChI is InChI=1S/C15H20N2O3S/c1-15(2,10-18)17(3)21(19,20)14-6-4-5-11-9-12(16)7-8-13(11)14/h4-9,18H,10,16H2,1-3H3. The lowest BCUT2D eigenvalue weighted by atomic mass is 10.1. The number of fused-ring (bicyclic) bond motifs is 1. The summed E-state index contributed by atoms with van der Waals surface area (Å²) in [5.41, 5.74) is 5.44. The van der Waals surface area contributed by atoms with Gasteiger partial charge in [-0.15, -0.1) is 0 Å². The van der Waals surface area contributed by atoms with Crippen LogP contribution in [0.25, 0.3) is 10.8 Å². The normalized spacial score (nSPS) is 13.0. The van der Waals surface area contributed by atoms with E-state index in [1.807, 2.05) is 6.07 Å². The number of anilines is 1. The molecule has 0 bridgehead atoms. The predicted molar refractivity (Wildman–Crippen MR) is 84.5 cm³/mol. The highest BCUT2D eigenvalue weighted by Crippen LogP contribution is 2.29. The summed E-state index contributed by atoms with van der Waals surface area (Å²) in [5.74, 6) is 0. The number of hydrogen-bond acceptors (Lipinski definition) is 4. The first-order chi connectivity index (χ1) is 9.70. The summed E-state index contributed by atoms with van der Waals surface area (Å²) >= 11 is 0. The molecule has 0 aromatic heterocycles. The molecule has 0 heterocycles. The van der Waals surface area contributed by atoms with E-state index in [2.05, 4.69) is 0 Å². The molecule has 6 heteroatoms. The minimum absolute atomic E-state index is 0.212. The number of nitrogens with two attached hydrogens (primary N) is 1. The molecule has 0 fully saturated rings. The second-order valence-corrected chi connectivity index (χ2v) is 7.62. The fourth-order valence-electron chi connectivity index (χ4n) is 2.07. The van der Waals surface area contributed by atoms with Gasteiger partial charge >= 0.3 is 0 Å². The Morgan fingerprint density at radius 1 is 1.24 bits per heavy atom. The van der Waals surface area contributed by atoms with E-state index in [9.17, 15) is 13.5 Å². The summed E-state index contributed by atoms with van der Waals surface area (Å²) in [6.07, 6.45) is 0. The van der Waals surface area contributed by atoms with Gasteiger partial charge in [-0.3, -0.25) is 0 Å². The Morgan fingerprint density at radius 3 is 2.52 bits per heavy atom. The molecule has 0 aliphatic heterocycles. The Hall–Kier alpha value is -1.63. The van der Waals surface area contributed by atoms with Crippen molar-refractivity contribution in [1.29, 1.82) is 0 Å². The molecule has 114 valence electrons. The number of nitrogen functional groups attached to an aromatic ring is 1. The molecule has 0 radical (unpaired) electrons. The van der Waals surface area contributed by atoms with E-state index < -0.39 is 15.6 Å². The lowest BCUT2D eigenvalue weighted by molar-refractivity contribution is 0.138. The molecule has 21 heavy (non-hydrogen) atoms. The monoisotopic (exact) mass is 308 g/mol. The van der Waals surface area contributed by atoms with Gasteiger partial charge in [0.05, 0.1) is 17.0 Å². The number of likely N-dealkylation sites (N-methyl/N-ethyl adjacent to an activating group) is 1. The second kappa shape index (κ2) is 5.29. The van der Waals surface area contributed by atoms with Gasteiger partial charge in [0.2, 0.25) is 10.0 Å². The van der Waals surface area contributed by atoms with E-state index >= 15 is 0 Å². The molecule has 3 N–H and O–H groups in total. The summed E-state index contributed by atoms with van der Waals surface area (Å²) < 4.78 is 26.8. The summed E-state index contributed by atoms with van der Waals surface area (Å²) in [7, 11) is -2.24. The molecule has 0 aliphatic rings. The topological polar surface area (TPSA) is 83.6 Å². The Morgan fingerprint density at radius 2 is 1.90 bits per heavy atom. The molecule has 0 amide bonds. The fraction of sp³-hybridized carbons (Fsp3) is 0.333. The van der Waals surface area contributed by atoms with Gasteiger partial charge in [-0.25, -0.2) is 8.42 Å². The van der Waals surface area contributed by atoms with Crippen LogP contribution in [-0.2, 0) is 10.0 Å². The SMILES string of the molecule is CN(C(C)(C)CO)S(=O)(=O)c1cccc2cc(N)ccc12. The third-order valence-corrected chi connectivity index (χ3v) is 5.87. The fourth-order valence-corrected chi connectivity index (χ4v) is 3.79. The first kappa shape index (κ1) is 15.8. The number of rotatable bonds is 4. The van der Waals surface area contributed by atoms with E-state index in [0.717, 1.165) is 5.39 Å². The van der Waals surface area contributed by atoms with E-state index in [1.165, 1.54) is 11.4 Å². The van der Waals surface area contributed by atoms with Gasteiger partial charge in [-0.05, 0) is 37.4 Å². The largest absolute Gasteiger partial charge is 0.399 e. The van der Waals surface area contributed by atoms with E-state index in [-0.39, 0.29) is 11.5 Å². The van der Waals surface area contributed by atoms with Crippen LogP contribution in [0.15, 0.2) is 41.3 Å². The molecule has 2 aromatic rings. The van der Waals surface area contributed by atoms with Crippen LogP contribution in [0.1, 0.15) is 13.8 Å². The number of aliphatic hydroxyl groups is 1. The lowest BCUT2D eigenvalue weighted by Crippen LogP contribution is -2.47. The Bertz CT molecular complexity index is 770. The minimum Gasteiger partial charge on any atom is -0.399 e. The molecule has 5 nitrogen and oxygen atoms in total. The van der Waals surface area contributed by atoms with Crippen LogP contribution < -0.4 is 5.73 Å². The first-order valence-corrected chi connectivity index (χ1v) is 8.02. The van der Waals surface area contributed by atoms with Crippen molar-refractivity contribution in [3.8, 4) is 0 Å². The van der Waals surface area contributed by atoms with Gasteiger partial charge < -0.3 is 10.8 Å². The molecule has 2 rings (SSSR count). The lowest BCUT2D eigenvalue weighted by Gasteiger charge is -2.33. The molecule has 0 spiro atoms. The molecule has 0 atom stereocenters. The zero-order valence-electron chi connectivity index (χ0n) is 12.4. The van der Waals surface area contributed by atoms with Crippen molar-refractivity contribution in [2.75, 3.05) is 19.4 Å². The molecule has 2 aromatic carbocycles. The average molecular weight is 308 g/mol. The van der Waals surface area contributed by atoms with Gasteiger partial charge in [0, 0.05) is 18.1 Å². The van der Waals surface area contributed by atoms with Gasteiger partial charge in [-0.1, -0.05) is 18.2 Å². The number of hydrogen-bond donors (Lipinski definition) is 2. The number of nitrogens with zero attached hydrogens (tertiary/aromatic N) is 1. The minimum atomic E-state index is -3.72. The summed E-state index contributed by atoms with van der Waals surface area (Å²) in [6.45, 7) is 3.09. The van der Waals surface area contributed by atoms with Crippen molar-refractivity contribution in [2.45, 2.75) is 24.3 Å². The van der Waals surface area contributed by atoms with Crippen molar-refractivity contribution in [3.05, 3.63) is 36.4 Å². The molecule has 0 saturated heterocycles. The van der Waals surface area contributed by atoms with Crippen LogP contribution in [0.2, 0.25) is 0 Å². The second-order valence-electron chi connectivity index (χ2n) is 5.68. The molecule has 0 aliphatic carbocycles. The predicted octanol–water partition coefficient (Wildman–Crippen LogP) is 1.81. The maximum absolute atomic E-state index is 12.8. The third-order valence-electron chi connectivity index (χ3n) is 3.74. The molecule has 0 unspecified atom stereocenters. The summed E-state index contributed by atoms with van der Waals surface area (Å²) in [6, 6.07) is 10.2. The number of aliphatic hydroxyl groups excluding tert-OH is 1.